The van der Waals surface area contributed by atoms with Gasteiger partial charge >= 0.3 is 0 Å². The SMILES string of the molecule is COc1cc(C(C)NC(C)c2ccc(C)cc2)ccc1OCCO. The van der Waals surface area contributed by atoms with Gasteiger partial charge in [0.1, 0.15) is 6.61 Å². The number of methoxy groups -OCH3 is 1. The molecular formula is C20H27NO3. The van der Waals surface area contributed by atoms with Gasteiger partial charge in [-0.15, -0.1) is 0 Å². The molecule has 2 rings (SSSR count). The summed E-state index contributed by atoms with van der Waals surface area (Å²) >= 11 is 0. The number of hydrogen-bond acceptors (Lipinski definition) is 4. The molecule has 0 bridgehead atoms. The Morgan fingerprint density at radius 3 is 2.21 bits per heavy atom. The van der Waals surface area contributed by atoms with Gasteiger partial charge in [0.15, 0.2) is 11.5 Å². The van der Waals surface area contributed by atoms with Gasteiger partial charge in [0.05, 0.1) is 13.7 Å². The summed E-state index contributed by atoms with van der Waals surface area (Å²) in [7, 11) is 1.62. The molecule has 2 N–H and O–H groups in total. The minimum absolute atomic E-state index is 0.0169. The maximum absolute atomic E-state index is 8.88. The number of aliphatic hydroxyl groups excluding tert-OH is 1. The van der Waals surface area contributed by atoms with Crippen LogP contribution in [0.25, 0.3) is 0 Å². The summed E-state index contributed by atoms with van der Waals surface area (Å²) in [6.07, 6.45) is 0. The van der Waals surface area contributed by atoms with Gasteiger partial charge in [-0.1, -0.05) is 35.9 Å². The van der Waals surface area contributed by atoms with Crippen LogP contribution in [0, 0.1) is 6.92 Å². The predicted molar refractivity (Wildman–Crippen MR) is 96.7 cm³/mol. The molecule has 0 fully saturated rings. The van der Waals surface area contributed by atoms with Crippen LogP contribution in [0.3, 0.4) is 0 Å². The van der Waals surface area contributed by atoms with E-state index in [-0.39, 0.29) is 25.3 Å². The van der Waals surface area contributed by atoms with Gasteiger partial charge < -0.3 is 19.9 Å². The van der Waals surface area contributed by atoms with Crippen molar-refractivity contribution in [3.8, 4) is 11.5 Å². The first kappa shape index (κ1) is 18.3. The van der Waals surface area contributed by atoms with E-state index in [2.05, 4.69) is 50.4 Å². The van der Waals surface area contributed by atoms with E-state index in [9.17, 15) is 0 Å². The van der Waals surface area contributed by atoms with Crippen molar-refractivity contribution >= 4 is 0 Å². The second-order valence-corrected chi connectivity index (χ2v) is 6.00. The van der Waals surface area contributed by atoms with Crippen molar-refractivity contribution in [1.82, 2.24) is 5.32 Å². The molecule has 0 aliphatic heterocycles. The van der Waals surface area contributed by atoms with E-state index in [0.29, 0.717) is 11.5 Å². The van der Waals surface area contributed by atoms with E-state index in [4.69, 9.17) is 14.6 Å². The summed E-state index contributed by atoms with van der Waals surface area (Å²) in [5.74, 6) is 1.33. The van der Waals surface area contributed by atoms with Crippen LogP contribution in [0.1, 0.15) is 42.6 Å². The molecule has 0 aromatic heterocycles. The molecular weight excluding hydrogens is 302 g/mol. The summed E-state index contributed by atoms with van der Waals surface area (Å²) < 4.78 is 10.9. The Labute approximate surface area is 144 Å². The van der Waals surface area contributed by atoms with Gasteiger partial charge in [0.25, 0.3) is 0 Å². The van der Waals surface area contributed by atoms with E-state index in [1.54, 1.807) is 7.11 Å². The van der Waals surface area contributed by atoms with Crippen molar-refractivity contribution in [2.75, 3.05) is 20.3 Å². The third-order valence-electron chi connectivity index (χ3n) is 4.11. The van der Waals surface area contributed by atoms with Gasteiger partial charge in [-0.05, 0) is 44.0 Å². The van der Waals surface area contributed by atoms with Crippen molar-refractivity contribution in [2.45, 2.75) is 32.9 Å². The third-order valence-corrected chi connectivity index (χ3v) is 4.11. The Hall–Kier alpha value is -2.04. The lowest BCUT2D eigenvalue weighted by atomic mass is 10.0. The number of hydrogen-bond donors (Lipinski definition) is 2. The molecule has 2 atom stereocenters. The number of ether oxygens (including phenoxy) is 2. The highest BCUT2D eigenvalue weighted by molar-refractivity contribution is 5.43. The Morgan fingerprint density at radius 1 is 0.958 bits per heavy atom. The molecule has 4 nitrogen and oxygen atoms in total. The molecule has 2 unspecified atom stereocenters. The lowest BCUT2D eigenvalue weighted by Gasteiger charge is -2.22. The molecule has 0 aliphatic carbocycles. The molecule has 0 saturated heterocycles. The lowest BCUT2D eigenvalue weighted by molar-refractivity contribution is 0.196. The highest BCUT2D eigenvalue weighted by Gasteiger charge is 2.14. The second kappa shape index (κ2) is 8.71. The summed E-state index contributed by atoms with van der Waals surface area (Å²) in [4.78, 5) is 0. The van der Waals surface area contributed by atoms with Crippen molar-refractivity contribution in [3.05, 3.63) is 59.2 Å². The summed E-state index contributed by atoms with van der Waals surface area (Å²) in [5.41, 5.74) is 3.66. The fourth-order valence-electron chi connectivity index (χ4n) is 2.65. The van der Waals surface area contributed by atoms with Crippen LogP contribution >= 0.6 is 0 Å². The second-order valence-electron chi connectivity index (χ2n) is 6.00. The zero-order chi connectivity index (χ0) is 17.5. The van der Waals surface area contributed by atoms with Crippen LogP contribution in [0.15, 0.2) is 42.5 Å². The number of rotatable bonds is 8. The average molecular weight is 329 g/mol. The number of nitrogens with one attached hydrogen (secondary N) is 1. The molecule has 2 aromatic rings. The Kier molecular flexibility index (Phi) is 6.64. The van der Waals surface area contributed by atoms with Crippen molar-refractivity contribution in [2.24, 2.45) is 0 Å². The zero-order valence-electron chi connectivity index (χ0n) is 14.9. The first-order valence-electron chi connectivity index (χ1n) is 8.29. The van der Waals surface area contributed by atoms with Gasteiger partial charge in [-0.25, -0.2) is 0 Å². The number of aliphatic hydroxyl groups is 1. The smallest absolute Gasteiger partial charge is 0.161 e. The quantitative estimate of drug-likeness (QED) is 0.774. The Morgan fingerprint density at radius 2 is 1.58 bits per heavy atom. The van der Waals surface area contributed by atoms with Crippen LogP contribution in [0.4, 0.5) is 0 Å². The maximum Gasteiger partial charge on any atom is 0.161 e. The van der Waals surface area contributed by atoms with Crippen molar-refractivity contribution < 1.29 is 14.6 Å². The molecule has 0 amide bonds. The minimum atomic E-state index is -0.0169. The van der Waals surface area contributed by atoms with Crippen molar-refractivity contribution in [3.63, 3.8) is 0 Å². The fourth-order valence-corrected chi connectivity index (χ4v) is 2.65. The number of aryl methyl sites for hydroxylation is 1. The van der Waals surface area contributed by atoms with Gasteiger partial charge in [-0.3, -0.25) is 0 Å². The maximum atomic E-state index is 8.88. The topological polar surface area (TPSA) is 50.7 Å². The normalized spacial score (nSPS) is 13.4. The standard InChI is InChI=1S/C20H27NO3/c1-14-5-7-17(8-6-14)15(2)21-16(3)18-9-10-19(24-12-11-22)20(13-18)23-4/h5-10,13,15-16,21-22H,11-12H2,1-4H3. The summed E-state index contributed by atoms with van der Waals surface area (Å²) in [5, 5.41) is 12.5. The molecule has 0 aliphatic rings. The van der Waals surface area contributed by atoms with E-state index < -0.39 is 0 Å². The molecule has 4 heteroatoms. The Balaban J connectivity index is 2.08. The van der Waals surface area contributed by atoms with E-state index >= 15 is 0 Å². The molecule has 0 spiro atoms. The molecule has 0 saturated carbocycles. The highest BCUT2D eigenvalue weighted by atomic mass is 16.5. The first-order chi connectivity index (χ1) is 11.5. The molecule has 0 heterocycles. The van der Waals surface area contributed by atoms with Gasteiger partial charge in [0, 0.05) is 12.1 Å². The van der Waals surface area contributed by atoms with Gasteiger partial charge in [0.2, 0.25) is 0 Å². The zero-order valence-corrected chi connectivity index (χ0v) is 14.9. The van der Waals surface area contributed by atoms with E-state index in [1.165, 1.54) is 11.1 Å². The molecule has 130 valence electrons. The minimum Gasteiger partial charge on any atom is -0.493 e. The molecule has 2 aromatic carbocycles. The molecule has 0 radical (unpaired) electrons. The van der Waals surface area contributed by atoms with E-state index in [1.807, 2.05) is 18.2 Å². The fraction of sp³-hybridized carbons (Fsp3) is 0.400. The summed E-state index contributed by atoms with van der Waals surface area (Å²) in [6.45, 7) is 6.63. The van der Waals surface area contributed by atoms with Crippen LogP contribution in [-0.4, -0.2) is 25.4 Å². The summed E-state index contributed by atoms with van der Waals surface area (Å²) in [6, 6.07) is 14.9. The largest absolute Gasteiger partial charge is 0.493 e. The highest BCUT2D eigenvalue weighted by Crippen LogP contribution is 2.31. The van der Waals surface area contributed by atoms with Crippen LogP contribution in [-0.2, 0) is 0 Å². The Bertz CT molecular complexity index is 640. The van der Waals surface area contributed by atoms with E-state index in [0.717, 1.165) is 5.56 Å². The first-order valence-corrected chi connectivity index (χ1v) is 8.29. The monoisotopic (exact) mass is 329 g/mol. The number of benzene rings is 2. The average Bonchev–Trinajstić information content (AvgIpc) is 2.60. The lowest BCUT2D eigenvalue weighted by Crippen LogP contribution is -2.22. The van der Waals surface area contributed by atoms with Gasteiger partial charge in [-0.2, -0.15) is 0 Å². The van der Waals surface area contributed by atoms with Crippen LogP contribution in [0.5, 0.6) is 11.5 Å². The third kappa shape index (κ3) is 4.73. The van der Waals surface area contributed by atoms with Crippen LogP contribution < -0.4 is 14.8 Å². The predicted octanol–water partition coefficient (Wildman–Crippen LogP) is 3.79. The van der Waals surface area contributed by atoms with Crippen molar-refractivity contribution in [1.29, 1.82) is 0 Å². The van der Waals surface area contributed by atoms with Crippen LogP contribution in [0.2, 0.25) is 0 Å². The molecule has 24 heavy (non-hydrogen) atoms.